The average molecular weight is 264 g/mol. The van der Waals surface area contributed by atoms with E-state index in [0.29, 0.717) is 0 Å². The highest BCUT2D eigenvalue weighted by Gasteiger charge is 2.21. The van der Waals surface area contributed by atoms with E-state index >= 15 is 0 Å². The van der Waals surface area contributed by atoms with Gasteiger partial charge in [0.2, 0.25) is 0 Å². The summed E-state index contributed by atoms with van der Waals surface area (Å²) < 4.78 is 14.3. The molecule has 1 N–H and O–H groups in total. The van der Waals surface area contributed by atoms with Gasteiger partial charge in [-0.25, -0.2) is 4.39 Å². The van der Waals surface area contributed by atoms with Crippen LogP contribution in [-0.4, -0.2) is 20.1 Å². The van der Waals surface area contributed by atoms with E-state index in [1.165, 1.54) is 19.3 Å². The van der Waals surface area contributed by atoms with E-state index in [1.807, 2.05) is 26.1 Å². The Morgan fingerprint density at radius 2 is 2.16 bits per heavy atom. The minimum atomic E-state index is -0.0965. The van der Waals surface area contributed by atoms with Crippen molar-refractivity contribution in [3.63, 3.8) is 0 Å². The number of hydrogen-bond donors (Lipinski definition) is 1. The first kappa shape index (κ1) is 14.3. The third-order valence-corrected chi connectivity index (χ3v) is 4.33. The molecule has 0 amide bonds. The van der Waals surface area contributed by atoms with Crippen molar-refractivity contribution in [3.05, 3.63) is 29.6 Å². The van der Waals surface area contributed by atoms with Crippen molar-refractivity contribution in [3.8, 4) is 0 Å². The van der Waals surface area contributed by atoms with Crippen molar-refractivity contribution in [1.82, 2.24) is 5.32 Å². The van der Waals surface area contributed by atoms with Crippen LogP contribution in [0.5, 0.6) is 0 Å². The SMILES string of the molecule is CCN(CC1CCC1)c1ccc(C(C)NC)cc1F. The molecule has 0 saturated heterocycles. The van der Waals surface area contributed by atoms with E-state index in [9.17, 15) is 4.39 Å². The largest absolute Gasteiger partial charge is 0.369 e. The van der Waals surface area contributed by atoms with Crippen molar-refractivity contribution >= 4 is 5.69 Å². The normalized spacial score (nSPS) is 17.1. The second-order valence-corrected chi connectivity index (χ2v) is 5.56. The fourth-order valence-corrected chi connectivity index (χ4v) is 2.60. The Balaban J connectivity index is 2.13. The molecule has 106 valence electrons. The van der Waals surface area contributed by atoms with Gasteiger partial charge in [-0.1, -0.05) is 12.5 Å². The van der Waals surface area contributed by atoms with Gasteiger partial charge in [-0.2, -0.15) is 0 Å². The van der Waals surface area contributed by atoms with Crippen molar-refractivity contribution < 1.29 is 4.39 Å². The molecule has 1 fully saturated rings. The van der Waals surface area contributed by atoms with Gasteiger partial charge in [0, 0.05) is 19.1 Å². The number of anilines is 1. The van der Waals surface area contributed by atoms with E-state index in [2.05, 4.69) is 17.1 Å². The molecule has 0 bridgehead atoms. The summed E-state index contributed by atoms with van der Waals surface area (Å²) >= 11 is 0. The van der Waals surface area contributed by atoms with Crippen LogP contribution < -0.4 is 10.2 Å². The highest BCUT2D eigenvalue weighted by atomic mass is 19.1. The van der Waals surface area contributed by atoms with Crippen LogP contribution in [0.4, 0.5) is 10.1 Å². The lowest BCUT2D eigenvalue weighted by Crippen LogP contribution is -2.33. The van der Waals surface area contributed by atoms with E-state index in [0.717, 1.165) is 30.3 Å². The summed E-state index contributed by atoms with van der Waals surface area (Å²) in [5, 5.41) is 3.14. The predicted octanol–water partition coefficient (Wildman–Crippen LogP) is 3.73. The zero-order valence-electron chi connectivity index (χ0n) is 12.2. The second-order valence-electron chi connectivity index (χ2n) is 5.56. The number of hydrogen-bond acceptors (Lipinski definition) is 2. The zero-order chi connectivity index (χ0) is 13.8. The molecule has 0 aromatic heterocycles. The minimum absolute atomic E-state index is 0.0965. The first-order valence-corrected chi connectivity index (χ1v) is 7.37. The monoisotopic (exact) mass is 264 g/mol. The number of benzene rings is 1. The van der Waals surface area contributed by atoms with Crippen LogP contribution in [-0.2, 0) is 0 Å². The number of rotatable bonds is 6. The number of halogens is 1. The molecule has 0 heterocycles. The molecule has 0 radical (unpaired) electrons. The van der Waals surface area contributed by atoms with Crippen LogP contribution >= 0.6 is 0 Å². The Labute approximate surface area is 116 Å². The molecule has 0 aliphatic heterocycles. The van der Waals surface area contributed by atoms with Gasteiger partial charge in [-0.05, 0) is 57.4 Å². The molecule has 1 aliphatic carbocycles. The summed E-state index contributed by atoms with van der Waals surface area (Å²) in [6.07, 6.45) is 3.93. The molecule has 1 aliphatic rings. The van der Waals surface area contributed by atoms with Crippen molar-refractivity contribution in [2.24, 2.45) is 5.92 Å². The van der Waals surface area contributed by atoms with Crippen LogP contribution in [0.25, 0.3) is 0 Å². The first-order chi connectivity index (χ1) is 9.15. The summed E-state index contributed by atoms with van der Waals surface area (Å²) in [5.74, 6) is 0.663. The quantitative estimate of drug-likeness (QED) is 0.842. The lowest BCUT2D eigenvalue weighted by molar-refractivity contribution is 0.318. The molecule has 2 rings (SSSR count). The van der Waals surface area contributed by atoms with Gasteiger partial charge in [-0.15, -0.1) is 0 Å². The van der Waals surface area contributed by atoms with Gasteiger partial charge >= 0.3 is 0 Å². The Morgan fingerprint density at radius 3 is 2.63 bits per heavy atom. The predicted molar refractivity (Wildman–Crippen MR) is 79.1 cm³/mol. The number of nitrogens with one attached hydrogen (secondary N) is 1. The highest BCUT2D eigenvalue weighted by molar-refractivity contribution is 5.49. The van der Waals surface area contributed by atoms with Crippen LogP contribution in [0.3, 0.4) is 0 Å². The molecule has 2 nitrogen and oxygen atoms in total. The van der Waals surface area contributed by atoms with Crippen molar-refractivity contribution in [1.29, 1.82) is 0 Å². The summed E-state index contributed by atoms with van der Waals surface area (Å²) in [5.41, 5.74) is 1.75. The second kappa shape index (κ2) is 6.38. The van der Waals surface area contributed by atoms with Gasteiger partial charge in [0.05, 0.1) is 5.69 Å². The molecule has 1 unspecified atom stereocenters. The van der Waals surface area contributed by atoms with E-state index in [4.69, 9.17) is 0 Å². The van der Waals surface area contributed by atoms with Gasteiger partial charge in [0.1, 0.15) is 5.82 Å². The fourth-order valence-electron chi connectivity index (χ4n) is 2.60. The molecule has 0 spiro atoms. The van der Waals surface area contributed by atoms with Gasteiger partial charge < -0.3 is 10.2 Å². The number of nitrogens with zero attached hydrogens (tertiary/aromatic N) is 1. The molecule has 19 heavy (non-hydrogen) atoms. The zero-order valence-corrected chi connectivity index (χ0v) is 12.2. The molecular formula is C16H25FN2. The van der Waals surface area contributed by atoms with E-state index in [1.54, 1.807) is 6.07 Å². The Morgan fingerprint density at radius 1 is 1.42 bits per heavy atom. The summed E-state index contributed by atoms with van der Waals surface area (Å²) in [4.78, 5) is 2.17. The van der Waals surface area contributed by atoms with Gasteiger partial charge in [0.25, 0.3) is 0 Å². The van der Waals surface area contributed by atoms with Crippen molar-refractivity contribution in [2.45, 2.75) is 39.2 Å². The van der Waals surface area contributed by atoms with Crippen LogP contribution in [0.15, 0.2) is 18.2 Å². The molecule has 1 atom stereocenters. The Hall–Kier alpha value is -1.09. The lowest BCUT2D eigenvalue weighted by atomic mass is 9.85. The summed E-state index contributed by atoms with van der Waals surface area (Å²) in [6, 6.07) is 5.81. The molecule has 1 aromatic rings. The Bertz CT molecular complexity index is 415. The maximum Gasteiger partial charge on any atom is 0.146 e. The van der Waals surface area contributed by atoms with Gasteiger partial charge in [-0.3, -0.25) is 0 Å². The molecule has 1 aromatic carbocycles. The maximum atomic E-state index is 14.3. The van der Waals surface area contributed by atoms with Crippen molar-refractivity contribution in [2.75, 3.05) is 25.0 Å². The minimum Gasteiger partial charge on any atom is -0.369 e. The van der Waals surface area contributed by atoms with Crippen LogP contribution in [0.1, 0.15) is 44.7 Å². The molecule has 1 saturated carbocycles. The molecular weight excluding hydrogens is 239 g/mol. The summed E-state index contributed by atoms with van der Waals surface area (Å²) in [6.45, 7) is 6.01. The van der Waals surface area contributed by atoms with E-state index < -0.39 is 0 Å². The average Bonchev–Trinajstić information content (AvgIpc) is 2.37. The third-order valence-electron chi connectivity index (χ3n) is 4.33. The Kier molecular flexibility index (Phi) is 4.81. The van der Waals surface area contributed by atoms with Crippen LogP contribution in [0.2, 0.25) is 0 Å². The summed E-state index contributed by atoms with van der Waals surface area (Å²) in [7, 11) is 1.89. The molecule has 3 heteroatoms. The lowest BCUT2D eigenvalue weighted by Gasteiger charge is -2.33. The topological polar surface area (TPSA) is 15.3 Å². The highest BCUT2D eigenvalue weighted by Crippen LogP contribution is 2.30. The van der Waals surface area contributed by atoms with E-state index in [-0.39, 0.29) is 11.9 Å². The van der Waals surface area contributed by atoms with Crippen LogP contribution in [0, 0.1) is 11.7 Å². The fraction of sp³-hybridized carbons (Fsp3) is 0.625. The maximum absolute atomic E-state index is 14.3. The standard InChI is InChI=1S/C16H25FN2/c1-4-19(11-13-6-5-7-13)16-9-8-14(10-15(16)17)12(2)18-3/h8-10,12-13,18H,4-7,11H2,1-3H3. The van der Waals surface area contributed by atoms with Gasteiger partial charge in [0.15, 0.2) is 0 Å². The third kappa shape index (κ3) is 3.27. The first-order valence-electron chi connectivity index (χ1n) is 7.37. The smallest absolute Gasteiger partial charge is 0.146 e.